The molecule has 0 fully saturated rings. The van der Waals surface area contributed by atoms with Crippen LogP contribution in [0.5, 0.6) is 0 Å². The summed E-state index contributed by atoms with van der Waals surface area (Å²) in [6.07, 6.45) is 0. The number of aliphatic hydroxyl groups excluding tert-OH is 1. The second-order valence-corrected chi connectivity index (χ2v) is 10.5. The number of hydrogen-bond donors (Lipinski definition) is 1. The Balaban J connectivity index is 6.59. The van der Waals surface area contributed by atoms with E-state index in [0.717, 1.165) is 0 Å². The summed E-state index contributed by atoms with van der Waals surface area (Å²) in [7, 11) is 0. The van der Waals surface area contributed by atoms with Crippen molar-refractivity contribution < 1.29 is 14.7 Å². The van der Waals surface area contributed by atoms with Crippen molar-refractivity contribution in [2.24, 2.45) is 10.8 Å². The number of carbonyl (C=O) groups is 2. The first kappa shape index (κ1) is 22.7. The van der Waals surface area contributed by atoms with Crippen LogP contribution in [0.3, 0.4) is 0 Å². The average molecular weight is 340 g/mol. The lowest BCUT2D eigenvalue weighted by Gasteiger charge is -2.46. The van der Waals surface area contributed by atoms with Crippen molar-refractivity contribution in [3.8, 4) is 0 Å². The van der Waals surface area contributed by atoms with Gasteiger partial charge in [0, 0.05) is 21.9 Å². The summed E-state index contributed by atoms with van der Waals surface area (Å²) < 4.78 is 0. The highest BCUT2D eigenvalue weighted by atomic mass is 16.3. The highest BCUT2D eigenvalue weighted by Crippen LogP contribution is 2.34. The molecule has 0 saturated heterocycles. The second kappa shape index (κ2) is 6.53. The predicted octanol–water partition coefficient (Wildman–Crippen LogP) is 4.89. The van der Waals surface area contributed by atoms with Crippen LogP contribution in [0, 0.1) is 10.8 Å². The van der Waals surface area contributed by atoms with Crippen molar-refractivity contribution in [2.45, 2.75) is 94.2 Å². The van der Waals surface area contributed by atoms with Gasteiger partial charge < -0.3 is 10.0 Å². The van der Waals surface area contributed by atoms with E-state index in [0.29, 0.717) is 0 Å². The Hall–Kier alpha value is -1.32. The molecule has 140 valence electrons. The van der Waals surface area contributed by atoms with Crippen LogP contribution in [-0.2, 0) is 9.59 Å². The van der Waals surface area contributed by atoms with Gasteiger partial charge in [-0.1, -0.05) is 41.5 Å². The van der Waals surface area contributed by atoms with E-state index in [4.69, 9.17) is 0 Å². The number of aliphatic hydroxyl groups is 1. The van der Waals surface area contributed by atoms with Crippen LogP contribution < -0.4 is 0 Å². The molecule has 0 aliphatic carbocycles. The first-order valence-electron chi connectivity index (χ1n) is 8.55. The minimum Gasteiger partial charge on any atom is -0.511 e. The van der Waals surface area contributed by atoms with Crippen molar-refractivity contribution in [1.82, 2.24) is 4.90 Å². The van der Waals surface area contributed by atoms with Crippen LogP contribution in [0.25, 0.3) is 0 Å². The fraction of sp³-hybridized carbons (Fsp3) is 0.800. The first-order chi connectivity index (χ1) is 10.2. The fourth-order valence-electron chi connectivity index (χ4n) is 2.78. The minimum atomic E-state index is -0.758. The fourth-order valence-corrected chi connectivity index (χ4v) is 2.78. The Morgan fingerprint density at radius 2 is 1.00 bits per heavy atom. The highest BCUT2D eigenvalue weighted by molar-refractivity contribution is 6.21. The number of allylic oxidation sites excluding steroid dienone is 1. The molecule has 4 nitrogen and oxygen atoms in total. The van der Waals surface area contributed by atoms with Crippen molar-refractivity contribution in [3.05, 3.63) is 11.3 Å². The van der Waals surface area contributed by atoms with Gasteiger partial charge in [0.15, 0.2) is 5.78 Å². The Labute approximate surface area is 148 Å². The molecule has 0 atom stereocenters. The number of rotatable bonds is 2. The number of ketones is 1. The van der Waals surface area contributed by atoms with Crippen LogP contribution >= 0.6 is 0 Å². The van der Waals surface area contributed by atoms with E-state index in [1.165, 1.54) is 0 Å². The summed E-state index contributed by atoms with van der Waals surface area (Å²) in [4.78, 5) is 28.1. The Morgan fingerprint density at radius 1 is 0.667 bits per heavy atom. The van der Waals surface area contributed by atoms with Crippen LogP contribution in [0.1, 0.15) is 83.1 Å². The molecule has 0 heterocycles. The third-order valence-electron chi connectivity index (χ3n) is 3.61. The third-order valence-corrected chi connectivity index (χ3v) is 3.61. The van der Waals surface area contributed by atoms with Gasteiger partial charge in [-0.25, -0.2) is 0 Å². The van der Waals surface area contributed by atoms with E-state index in [9.17, 15) is 14.7 Å². The first-order valence-corrected chi connectivity index (χ1v) is 8.55. The van der Waals surface area contributed by atoms with E-state index in [2.05, 4.69) is 0 Å². The molecule has 4 heteroatoms. The van der Waals surface area contributed by atoms with Gasteiger partial charge in [0.05, 0.1) is 0 Å². The largest absolute Gasteiger partial charge is 0.511 e. The van der Waals surface area contributed by atoms with Gasteiger partial charge >= 0.3 is 0 Å². The summed E-state index contributed by atoms with van der Waals surface area (Å²) in [5, 5.41) is 10.7. The van der Waals surface area contributed by atoms with Crippen LogP contribution in [0.15, 0.2) is 11.3 Å². The smallest absolute Gasteiger partial charge is 0.261 e. The summed E-state index contributed by atoms with van der Waals surface area (Å²) in [5.41, 5.74) is -2.52. The van der Waals surface area contributed by atoms with Crippen LogP contribution in [0.2, 0.25) is 0 Å². The molecule has 0 spiro atoms. The molecule has 0 bridgehead atoms. The number of hydrogen-bond acceptors (Lipinski definition) is 3. The van der Waals surface area contributed by atoms with E-state index in [-0.39, 0.29) is 17.1 Å². The second-order valence-electron chi connectivity index (χ2n) is 10.5. The molecule has 0 aliphatic heterocycles. The standard InChI is InChI=1S/C20H37NO3/c1-17(2,3)14(22)13(15(23)18(4,5)6)16(24)21(19(7,8)9)20(10,11)12/h22H,1-12H3/b14-13+. The molecule has 0 radical (unpaired) electrons. The quantitative estimate of drug-likeness (QED) is 0.337. The number of nitrogens with zero attached hydrogens (tertiary/aromatic N) is 1. The molecule has 0 aromatic rings. The van der Waals surface area contributed by atoms with Crippen molar-refractivity contribution in [2.75, 3.05) is 0 Å². The highest BCUT2D eigenvalue weighted by Gasteiger charge is 2.43. The molecule has 0 saturated carbocycles. The van der Waals surface area contributed by atoms with E-state index in [1.807, 2.05) is 41.5 Å². The van der Waals surface area contributed by atoms with E-state index >= 15 is 0 Å². The average Bonchev–Trinajstić information content (AvgIpc) is 2.21. The van der Waals surface area contributed by atoms with E-state index in [1.54, 1.807) is 46.4 Å². The summed E-state index contributed by atoms with van der Waals surface area (Å²) >= 11 is 0. The molecule has 24 heavy (non-hydrogen) atoms. The number of amides is 1. The van der Waals surface area contributed by atoms with Gasteiger partial charge in [-0.15, -0.1) is 0 Å². The maximum absolute atomic E-state index is 13.4. The topological polar surface area (TPSA) is 57.6 Å². The Bertz CT molecular complexity index is 515. The van der Waals surface area contributed by atoms with Gasteiger partial charge in [0.1, 0.15) is 11.3 Å². The molecular formula is C20H37NO3. The lowest BCUT2D eigenvalue weighted by Crippen LogP contribution is -2.57. The number of carbonyl (C=O) groups excluding carboxylic acids is 2. The SMILES string of the molecule is CC(C)(C)C(=O)/C(C(=O)N(C(C)(C)C)C(C)(C)C)=C(\O)C(C)(C)C. The Kier molecular flexibility index (Phi) is 6.17. The zero-order valence-corrected chi connectivity index (χ0v) is 17.7. The Morgan fingerprint density at radius 3 is 1.21 bits per heavy atom. The third kappa shape index (κ3) is 5.35. The maximum Gasteiger partial charge on any atom is 0.261 e. The number of Topliss-reactive ketones (excluding diaryl/α,β-unsaturated/α-hetero) is 1. The maximum atomic E-state index is 13.4. The van der Waals surface area contributed by atoms with Gasteiger partial charge in [-0.05, 0) is 41.5 Å². The van der Waals surface area contributed by atoms with Crippen molar-refractivity contribution >= 4 is 11.7 Å². The van der Waals surface area contributed by atoms with Gasteiger partial charge in [-0.3, -0.25) is 9.59 Å². The monoisotopic (exact) mass is 339 g/mol. The molecule has 0 aliphatic rings. The minimum absolute atomic E-state index is 0.0974. The lowest BCUT2D eigenvalue weighted by molar-refractivity contribution is -0.141. The van der Waals surface area contributed by atoms with Gasteiger partial charge in [0.25, 0.3) is 5.91 Å². The van der Waals surface area contributed by atoms with Crippen LogP contribution in [0.4, 0.5) is 0 Å². The molecule has 0 unspecified atom stereocenters. The van der Waals surface area contributed by atoms with Crippen molar-refractivity contribution in [1.29, 1.82) is 0 Å². The lowest BCUT2D eigenvalue weighted by atomic mass is 9.80. The molecule has 1 amide bonds. The molecular weight excluding hydrogens is 302 g/mol. The summed E-state index contributed by atoms with van der Waals surface area (Å²) in [5.74, 6) is -0.897. The van der Waals surface area contributed by atoms with Crippen molar-refractivity contribution in [3.63, 3.8) is 0 Å². The normalized spacial score (nSPS) is 15.0. The summed E-state index contributed by atoms with van der Waals surface area (Å²) in [6, 6.07) is 0. The predicted molar refractivity (Wildman–Crippen MR) is 99.9 cm³/mol. The molecule has 0 aromatic heterocycles. The molecule has 0 aromatic carbocycles. The zero-order chi connectivity index (χ0) is 19.9. The summed E-state index contributed by atoms with van der Waals surface area (Å²) in [6.45, 7) is 22.3. The van der Waals surface area contributed by atoms with Gasteiger partial charge in [-0.2, -0.15) is 0 Å². The van der Waals surface area contributed by atoms with E-state index < -0.39 is 27.8 Å². The molecule has 1 N–H and O–H groups in total. The molecule has 0 rings (SSSR count). The van der Waals surface area contributed by atoms with Gasteiger partial charge in [0.2, 0.25) is 0 Å². The van der Waals surface area contributed by atoms with Crippen LogP contribution in [-0.4, -0.2) is 32.8 Å². The zero-order valence-electron chi connectivity index (χ0n) is 17.7.